The van der Waals surface area contributed by atoms with Gasteiger partial charge < -0.3 is 4.74 Å². The van der Waals surface area contributed by atoms with E-state index in [1.165, 1.54) is 48.6 Å². The van der Waals surface area contributed by atoms with Gasteiger partial charge in [-0.2, -0.15) is 0 Å². The molecule has 0 saturated heterocycles. The van der Waals surface area contributed by atoms with Crippen LogP contribution in [0.3, 0.4) is 0 Å². The molecule has 0 heterocycles. The van der Waals surface area contributed by atoms with Crippen LogP contribution >= 0.6 is 0 Å². The SMILES string of the molecule is COCc1ccc(C2=CC3(C=C2c2ccc(S(C)(=O)=O)cc2)CCCC3)cc1. The highest BCUT2D eigenvalue weighted by Crippen LogP contribution is 2.51. The number of allylic oxidation sites excluding steroid dienone is 4. The number of hydrogen-bond acceptors (Lipinski definition) is 3. The summed E-state index contributed by atoms with van der Waals surface area (Å²) >= 11 is 0. The lowest BCUT2D eigenvalue weighted by Gasteiger charge is -2.16. The maximum Gasteiger partial charge on any atom is 0.175 e. The summed E-state index contributed by atoms with van der Waals surface area (Å²) in [4.78, 5) is 0.361. The standard InChI is InChI=1S/C24H26O3S/c1-27-17-18-5-7-19(8-6-18)22-15-24(13-3-4-14-24)16-23(22)20-9-11-21(12-10-20)28(2,25)26/h5-12,15-16H,3-4,13-14,17H2,1-2H3. The fourth-order valence-corrected chi connectivity index (χ4v) is 5.03. The average Bonchev–Trinajstić information content (AvgIpc) is 3.29. The van der Waals surface area contributed by atoms with Gasteiger partial charge in [0.05, 0.1) is 11.5 Å². The molecule has 1 fully saturated rings. The van der Waals surface area contributed by atoms with Gasteiger partial charge >= 0.3 is 0 Å². The molecule has 3 nitrogen and oxygen atoms in total. The van der Waals surface area contributed by atoms with Gasteiger partial charge in [0, 0.05) is 18.8 Å². The molecule has 2 aliphatic carbocycles. The van der Waals surface area contributed by atoms with Gasteiger partial charge in [0.1, 0.15) is 0 Å². The molecule has 28 heavy (non-hydrogen) atoms. The molecule has 1 saturated carbocycles. The molecule has 2 aliphatic rings. The maximum absolute atomic E-state index is 11.8. The smallest absolute Gasteiger partial charge is 0.175 e. The molecule has 0 aliphatic heterocycles. The van der Waals surface area contributed by atoms with Crippen LogP contribution in [0.2, 0.25) is 0 Å². The van der Waals surface area contributed by atoms with E-state index < -0.39 is 9.84 Å². The Morgan fingerprint density at radius 3 is 1.82 bits per heavy atom. The van der Waals surface area contributed by atoms with Crippen molar-refractivity contribution >= 4 is 21.0 Å². The first-order valence-electron chi connectivity index (χ1n) is 9.75. The van der Waals surface area contributed by atoms with Crippen molar-refractivity contribution in [2.24, 2.45) is 5.41 Å². The van der Waals surface area contributed by atoms with Crippen molar-refractivity contribution in [3.8, 4) is 0 Å². The zero-order valence-electron chi connectivity index (χ0n) is 16.4. The maximum atomic E-state index is 11.8. The largest absolute Gasteiger partial charge is 0.380 e. The fraction of sp³-hybridized carbons (Fsp3) is 0.333. The van der Waals surface area contributed by atoms with Crippen LogP contribution in [0, 0.1) is 5.41 Å². The van der Waals surface area contributed by atoms with Gasteiger partial charge in [0.25, 0.3) is 0 Å². The van der Waals surface area contributed by atoms with Crippen LogP contribution in [-0.4, -0.2) is 21.8 Å². The van der Waals surface area contributed by atoms with E-state index in [4.69, 9.17) is 4.74 Å². The summed E-state index contributed by atoms with van der Waals surface area (Å²) in [7, 11) is -1.48. The molecule has 4 rings (SSSR count). The summed E-state index contributed by atoms with van der Waals surface area (Å²) in [5.41, 5.74) is 6.03. The molecule has 0 bridgehead atoms. The van der Waals surface area contributed by atoms with Crippen molar-refractivity contribution in [1.82, 2.24) is 0 Å². The van der Waals surface area contributed by atoms with Crippen LogP contribution in [0.25, 0.3) is 11.1 Å². The highest BCUT2D eigenvalue weighted by Gasteiger charge is 2.35. The molecule has 0 radical (unpaired) electrons. The Balaban J connectivity index is 1.74. The summed E-state index contributed by atoms with van der Waals surface area (Å²) < 4.78 is 28.8. The first-order chi connectivity index (χ1) is 13.4. The first-order valence-corrected chi connectivity index (χ1v) is 11.6. The van der Waals surface area contributed by atoms with E-state index in [2.05, 4.69) is 36.4 Å². The van der Waals surface area contributed by atoms with Crippen molar-refractivity contribution in [3.63, 3.8) is 0 Å². The summed E-state index contributed by atoms with van der Waals surface area (Å²) in [6.45, 7) is 0.610. The molecule has 2 aromatic rings. The second-order valence-corrected chi connectivity index (χ2v) is 10.00. The van der Waals surface area contributed by atoms with E-state index in [1.54, 1.807) is 19.2 Å². The van der Waals surface area contributed by atoms with E-state index in [-0.39, 0.29) is 5.41 Å². The summed E-state index contributed by atoms with van der Waals surface area (Å²) in [6.07, 6.45) is 11.0. The lowest BCUT2D eigenvalue weighted by Crippen LogP contribution is -2.05. The van der Waals surface area contributed by atoms with E-state index in [0.717, 1.165) is 11.1 Å². The topological polar surface area (TPSA) is 43.4 Å². The molecule has 0 amide bonds. The third kappa shape index (κ3) is 3.71. The average molecular weight is 395 g/mol. The monoisotopic (exact) mass is 394 g/mol. The van der Waals surface area contributed by atoms with E-state index in [9.17, 15) is 8.42 Å². The van der Waals surface area contributed by atoms with Crippen molar-refractivity contribution in [1.29, 1.82) is 0 Å². The fourth-order valence-electron chi connectivity index (χ4n) is 4.40. The lowest BCUT2D eigenvalue weighted by atomic mass is 9.88. The molecule has 0 aromatic heterocycles. The minimum Gasteiger partial charge on any atom is -0.380 e. The number of hydrogen-bond donors (Lipinski definition) is 0. The Hall–Kier alpha value is -2.17. The quantitative estimate of drug-likeness (QED) is 0.693. The molecule has 4 heteroatoms. The number of methoxy groups -OCH3 is 1. The van der Waals surface area contributed by atoms with Crippen LogP contribution in [0.15, 0.2) is 65.6 Å². The van der Waals surface area contributed by atoms with Gasteiger partial charge in [-0.1, -0.05) is 61.4 Å². The molecular formula is C24H26O3S. The van der Waals surface area contributed by atoms with Gasteiger partial charge in [-0.3, -0.25) is 0 Å². The molecule has 2 aromatic carbocycles. The highest BCUT2D eigenvalue weighted by molar-refractivity contribution is 7.90. The Morgan fingerprint density at radius 1 is 0.857 bits per heavy atom. The first kappa shape index (κ1) is 19.2. The summed E-state index contributed by atoms with van der Waals surface area (Å²) in [5.74, 6) is 0. The Bertz CT molecular complexity index is 1020. The third-order valence-corrected chi connectivity index (χ3v) is 6.99. The van der Waals surface area contributed by atoms with Crippen LogP contribution in [0.1, 0.15) is 42.4 Å². The minimum absolute atomic E-state index is 0.144. The van der Waals surface area contributed by atoms with Crippen LogP contribution in [-0.2, 0) is 21.2 Å². The molecule has 146 valence electrons. The second-order valence-electron chi connectivity index (χ2n) is 7.98. The van der Waals surface area contributed by atoms with Crippen LogP contribution < -0.4 is 0 Å². The third-order valence-electron chi connectivity index (χ3n) is 5.86. The Kier molecular flexibility index (Phi) is 5.02. The zero-order valence-corrected chi connectivity index (χ0v) is 17.3. The summed E-state index contributed by atoms with van der Waals surface area (Å²) in [5, 5.41) is 0. The molecule has 1 spiro atoms. The van der Waals surface area contributed by atoms with E-state index in [0.29, 0.717) is 11.5 Å². The predicted octanol–water partition coefficient (Wildman–Crippen LogP) is 5.28. The predicted molar refractivity (Wildman–Crippen MR) is 114 cm³/mol. The van der Waals surface area contributed by atoms with Crippen molar-refractivity contribution < 1.29 is 13.2 Å². The van der Waals surface area contributed by atoms with Gasteiger partial charge in [0.2, 0.25) is 0 Å². The number of benzene rings is 2. The lowest BCUT2D eigenvalue weighted by molar-refractivity contribution is 0.185. The van der Waals surface area contributed by atoms with Gasteiger partial charge in [0.15, 0.2) is 9.84 Å². The number of sulfone groups is 1. The normalized spacial score (nSPS) is 18.4. The zero-order chi connectivity index (χ0) is 19.8. The van der Waals surface area contributed by atoms with Crippen LogP contribution in [0.4, 0.5) is 0 Å². The van der Waals surface area contributed by atoms with Crippen LogP contribution in [0.5, 0.6) is 0 Å². The number of ether oxygens (including phenoxy) is 1. The van der Waals surface area contributed by atoms with Crippen molar-refractivity contribution in [2.45, 2.75) is 37.2 Å². The van der Waals surface area contributed by atoms with Gasteiger partial charge in [-0.15, -0.1) is 0 Å². The second kappa shape index (κ2) is 7.34. The van der Waals surface area contributed by atoms with Gasteiger partial charge in [-0.25, -0.2) is 8.42 Å². The molecular weight excluding hydrogens is 368 g/mol. The minimum atomic E-state index is -3.19. The van der Waals surface area contributed by atoms with E-state index >= 15 is 0 Å². The van der Waals surface area contributed by atoms with E-state index in [1.807, 2.05) is 12.1 Å². The summed E-state index contributed by atoms with van der Waals surface area (Å²) in [6, 6.07) is 15.8. The Morgan fingerprint density at radius 2 is 1.36 bits per heavy atom. The highest BCUT2D eigenvalue weighted by atomic mass is 32.2. The molecule has 0 N–H and O–H groups in total. The molecule has 0 atom stereocenters. The number of rotatable bonds is 5. The molecule has 0 unspecified atom stereocenters. The van der Waals surface area contributed by atoms with Gasteiger partial charge in [-0.05, 0) is 52.8 Å². The Labute approximate surface area is 167 Å². The van der Waals surface area contributed by atoms with Crippen molar-refractivity contribution in [3.05, 3.63) is 77.4 Å². The van der Waals surface area contributed by atoms with Crippen molar-refractivity contribution in [2.75, 3.05) is 13.4 Å².